The average Bonchev–Trinajstić information content (AvgIpc) is 3.38. The smallest absolute Gasteiger partial charge is 0.410 e. The number of rotatable bonds is 6. The van der Waals surface area contributed by atoms with E-state index in [1.807, 2.05) is 33.0 Å². The number of aromatic nitrogens is 2. The van der Waals surface area contributed by atoms with Gasteiger partial charge in [0.15, 0.2) is 0 Å². The van der Waals surface area contributed by atoms with Crippen molar-refractivity contribution in [1.82, 2.24) is 19.8 Å². The van der Waals surface area contributed by atoms with E-state index in [2.05, 4.69) is 33.3 Å². The predicted molar refractivity (Wildman–Crippen MR) is 134 cm³/mol. The number of H-pyrrole nitrogens is 1. The minimum absolute atomic E-state index is 0.000321. The number of anilines is 1. The number of piperidine rings is 1. The van der Waals surface area contributed by atoms with Crippen LogP contribution in [-0.4, -0.2) is 64.1 Å². The second kappa shape index (κ2) is 10.3. The molecule has 1 atom stereocenters. The summed E-state index contributed by atoms with van der Waals surface area (Å²) in [5.41, 5.74) is 1.77. The molecule has 0 saturated carbocycles. The predicted octanol–water partition coefficient (Wildman–Crippen LogP) is 5.09. The van der Waals surface area contributed by atoms with E-state index in [-0.39, 0.29) is 12.0 Å². The van der Waals surface area contributed by atoms with Crippen LogP contribution in [0.1, 0.15) is 77.5 Å². The van der Waals surface area contributed by atoms with Gasteiger partial charge in [0.05, 0.1) is 5.52 Å². The molecule has 2 fully saturated rings. The van der Waals surface area contributed by atoms with Crippen molar-refractivity contribution in [1.29, 1.82) is 0 Å². The van der Waals surface area contributed by atoms with Crippen molar-refractivity contribution in [3.63, 3.8) is 0 Å². The lowest BCUT2D eigenvalue weighted by Crippen LogP contribution is -2.41. The zero-order valence-corrected chi connectivity index (χ0v) is 21.0. The first-order valence-corrected chi connectivity index (χ1v) is 12.6. The summed E-state index contributed by atoms with van der Waals surface area (Å²) in [6.07, 6.45) is 8.24. The molecule has 0 aromatic carbocycles. The monoisotopic (exact) mass is 469 g/mol. The van der Waals surface area contributed by atoms with Crippen molar-refractivity contribution in [3.05, 3.63) is 24.0 Å². The number of amides is 2. The van der Waals surface area contributed by atoms with Gasteiger partial charge in [0.2, 0.25) is 5.91 Å². The van der Waals surface area contributed by atoms with Gasteiger partial charge in [-0.15, -0.1) is 0 Å². The van der Waals surface area contributed by atoms with Crippen LogP contribution in [0.5, 0.6) is 0 Å². The highest BCUT2D eigenvalue weighted by molar-refractivity contribution is 5.92. The van der Waals surface area contributed by atoms with Crippen LogP contribution >= 0.6 is 0 Å². The van der Waals surface area contributed by atoms with E-state index in [9.17, 15) is 9.59 Å². The molecular formula is C26H39N5O3. The Hall–Kier alpha value is -2.61. The van der Waals surface area contributed by atoms with Gasteiger partial charge in [0.1, 0.15) is 11.4 Å². The zero-order chi connectivity index (χ0) is 24.3. The van der Waals surface area contributed by atoms with Crippen LogP contribution in [0.2, 0.25) is 0 Å². The van der Waals surface area contributed by atoms with Crippen molar-refractivity contribution in [3.8, 4) is 0 Å². The minimum Gasteiger partial charge on any atom is -0.444 e. The quantitative estimate of drug-likeness (QED) is 0.615. The molecule has 2 aromatic rings. The SMILES string of the molecule is CN1CCCC1c1cc2cnc(NC(=O)CCCC3CCN(C(=O)OC(C)(C)C)CC3)cc2[nH]1. The Morgan fingerprint density at radius 3 is 2.62 bits per heavy atom. The molecule has 8 heteroatoms. The molecule has 2 aromatic heterocycles. The van der Waals surface area contributed by atoms with E-state index in [0.717, 1.165) is 56.2 Å². The van der Waals surface area contributed by atoms with Crippen LogP contribution in [-0.2, 0) is 9.53 Å². The van der Waals surface area contributed by atoms with Gasteiger partial charge in [0.25, 0.3) is 0 Å². The Bertz CT molecular complexity index is 1000. The molecule has 4 heterocycles. The lowest BCUT2D eigenvalue weighted by Gasteiger charge is -2.33. The fraction of sp³-hybridized carbons (Fsp3) is 0.654. The molecule has 2 aliphatic heterocycles. The van der Waals surface area contributed by atoms with Gasteiger partial charge in [0, 0.05) is 48.9 Å². The molecule has 2 aliphatic rings. The summed E-state index contributed by atoms with van der Waals surface area (Å²) in [4.78, 5) is 36.8. The van der Waals surface area contributed by atoms with Crippen molar-refractivity contribution in [2.24, 2.45) is 5.92 Å². The van der Waals surface area contributed by atoms with Gasteiger partial charge in [-0.1, -0.05) is 0 Å². The largest absolute Gasteiger partial charge is 0.444 e. The summed E-state index contributed by atoms with van der Waals surface area (Å²) in [6.45, 7) is 8.25. The van der Waals surface area contributed by atoms with Crippen LogP contribution in [0.15, 0.2) is 18.3 Å². The topological polar surface area (TPSA) is 90.6 Å². The molecule has 2 saturated heterocycles. The number of carbonyl (C=O) groups is 2. The first kappa shape index (κ1) is 24.5. The molecule has 0 spiro atoms. The van der Waals surface area contributed by atoms with Gasteiger partial charge < -0.3 is 19.9 Å². The van der Waals surface area contributed by atoms with E-state index >= 15 is 0 Å². The normalized spacial score (nSPS) is 20.1. The summed E-state index contributed by atoms with van der Waals surface area (Å²) in [6, 6.07) is 4.54. The number of ether oxygens (including phenoxy) is 1. The third-order valence-corrected chi connectivity index (χ3v) is 6.95. The fourth-order valence-electron chi connectivity index (χ4n) is 5.09. The second-order valence-corrected chi connectivity index (χ2v) is 10.9. The maximum absolute atomic E-state index is 12.5. The van der Waals surface area contributed by atoms with Gasteiger partial charge in [-0.05, 0) is 84.9 Å². The highest BCUT2D eigenvalue weighted by Gasteiger charge is 2.27. The van der Waals surface area contributed by atoms with Gasteiger partial charge in [-0.3, -0.25) is 9.69 Å². The number of carbonyl (C=O) groups excluding carboxylic acids is 2. The summed E-state index contributed by atoms with van der Waals surface area (Å²) >= 11 is 0. The number of hydrogen-bond acceptors (Lipinski definition) is 5. The number of likely N-dealkylation sites (tertiary alicyclic amines) is 2. The van der Waals surface area contributed by atoms with E-state index < -0.39 is 5.60 Å². The zero-order valence-electron chi connectivity index (χ0n) is 21.0. The molecule has 186 valence electrons. The van der Waals surface area contributed by atoms with Crippen LogP contribution in [0, 0.1) is 5.92 Å². The van der Waals surface area contributed by atoms with E-state index in [4.69, 9.17) is 4.74 Å². The van der Waals surface area contributed by atoms with Crippen molar-refractivity contribution in [2.75, 3.05) is 32.0 Å². The molecule has 4 rings (SSSR count). The molecule has 2 N–H and O–H groups in total. The molecular weight excluding hydrogens is 430 g/mol. The van der Waals surface area contributed by atoms with E-state index in [0.29, 0.717) is 24.2 Å². The third kappa shape index (κ3) is 6.29. The van der Waals surface area contributed by atoms with Crippen molar-refractivity contribution in [2.45, 2.75) is 77.4 Å². The molecule has 0 bridgehead atoms. The fourth-order valence-corrected chi connectivity index (χ4v) is 5.09. The number of hydrogen-bond donors (Lipinski definition) is 2. The molecule has 34 heavy (non-hydrogen) atoms. The van der Waals surface area contributed by atoms with Crippen LogP contribution in [0.3, 0.4) is 0 Å². The number of pyridine rings is 1. The highest BCUT2D eigenvalue weighted by Crippen LogP contribution is 2.32. The first-order valence-electron chi connectivity index (χ1n) is 12.6. The highest BCUT2D eigenvalue weighted by atomic mass is 16.6. The molecule has 2 amide bonds. The van der Waals surface area contributed by atoms with Crippen LogP contribution in [0.25, 0.3) is 10.9 Å². The lowest BCUT2D eigenvalue weighted by atomic mass is 9.91. The third-order valence-electron chi connectivity index (χ3n) is 6.95. The van der Waals surface area contributed by atoms with Crippen LogP contribution < -0.4 is 5.32 Å². The van der Waals surface area contributed by atoms with Gasteiger partial charge in [-0.2, -0.15) is 0 Å². The maximum Gasteiger partial charge on any atom is 0.410 e. The lowest BCUT2D eigenvalue weighted by molar-refractivity contribution is -0.116. The Kier molecular flexibility index (Phi) is 7.45. The Balaban J connectivity index is 1.20. The number of nitrogens with one attached hydrogen (secondary N) is 2. The maximum atomic E-state index is 12.5. The van der Waals surface area contributed by atoms with Crippen molar-refractivity contribution >= 4 is 28.7 Å². The minimum atomic E-state index is -0.462. The molecule has 1 unspecified atom stereocenters. The second-order valence-electron chi connectivity index (χ2n) is 10.9. The van der Waals surface area contributed by atoms with Crippen molar-refractivity contribution < 1.29 is 14.3 Å². The Labute approximate surface area is 202 Å². The number of nitrogens with zero attached hydrogens (tertiary/aromatic N) is 3. The number of fused-ring (bicyclic) bond motifs is 1. The van der Waals surface area contributed by atoms with E-state index in [1.165, 1.54) is 18.5 Å². The summed E-state index contributed by atoms with van der Waals surface area (Å²) in [5, 5.41) is 4.03. The number of aromatic amines is 1. The summed E-state index contributed by atoms with van der Waals surface area (Å²) in [5.74, 6) is 1.14. The molecule has 0 radical (unpaired) electrons. The Morgan fingerprint density at radius 1 is 1.18 bits per heavy atom. The van der Waals surface area contributed by atoms with Crippen LogP contribution in [0.4, 0.5) is 10.6 Å². The molecule has 8 nitrogen and oxygen atoms in total. The van der Waals surface area contributed by atoms with Gasteiger partial charge in [-0.25, -0.2) is 9.78 Å². The molecule has 0 aliphatic carbocycles. The van der Waals surface area contributed by atoms with E-state index in [1.54, 1.807) is 4.90 Å². The van der Waals surface area contributed by atoms with Gasteiger partial charge >= 0.3 is 6.09 Å². The average molecular weight is 470 g/mol. The standard InChI is InChI=1S/C26H39N5O3/c1-26(2,3)34-25(33)31-13-10-18(11-14-31)7-5-9-24(32)29-23-16-20-19(17-27-23)15-21(28-20)22-8-6-12-30(22)4/h15-18,22,28H,5-14H2,1-4H3,(H,27,29,32). The Morgan fingerprint density at radius 2 is 1.94 bits per heavy atom. The summed E-state index contributed by atoms with van der Waals surface area (Å²) < 4.78 is 5.46. The summed E-state index contributed by atoms with van der Waals surface area (Å²) in [7, 11) is 2.16. The first-order chi connectivity index (χ1) is 16.2.